The largest absolute Gasteiger partial charge is 0.253 e. The lowest BCUT2D eigenvalue weighted by atomic mass is 10.1. The van der Waals surface area contributed by atoms with E-state index in [1.165, 1.54) is 0 Å². The SMILES string of the molecule is CCCn1nc(-c2ccccc2)c(CCl)c1Cl. The summed E-state index contributed by atoms with van der Waals surface area (Å²) < 4.78 is 1.82. The van der Waals surface area contributed by atoms with Crippen LogP contribution in [0, 0.1) is 0 Å². The molecule has 17 heavy (non-hydrogen) atoms. The predicted molar refractivity (Wildman–Crippen MR) is 72.5 cm³/mol. The van der Waals surface area contributed by atoms with Crippen LogP contribution < -0.4 is 0 Å². The van der Waals surface area contributed by atoms with Crippen molar-refractivity contribution < 1.29 is 0 Å². The number of hydrogen-bond donors (Lipinski definition) is 0. The highest BCUT2D eigenvalue weighted by Gasteiger charge is 2.16. The molecule has 1 aromatic heterocycles. The van der Waals surface area contributed by atoms with Crippen LogP contribution in [0.15, 0.2) is 30.3 Å². The maximum Gasteiger partial charge on any atom is 0.132 e. The van der Waals surface area contributed by atoms with E-state index in [2.05, 4.69) is 12.0 Å². The lowest BCUT2D eigenvalue weighted by Crippen LogP contribution is -1.98. The van der Waals surface area contributed by atoms with Crippen LogP contribution in [0.3, 0.4) is 0 Å². The van der Waals surface area contributed by atoms with Gasteiger partial charge in [0.15, 0.2) is 0 Å². The van der Waals surface area contributed by atoms with E-state index in [-0.39, 0.29) is 0 Å². The fourth-order valence-electron chi connectivity index (χ4n) is 1.78. The number of aryl methyl sites for hydroxylation is 1. The van der Waals surface area contributed by atoms with Crippen LogP contribution in [0.5, 0.6) is 0 Å². The van der Waals surface area contributed by atoms with Crippen LogP contribution in [-0.2, 0) is 12.4 Å². The number of nitrogens with zero attached hydrogens (tertiary/aromatic N) is 2. The van der Waals surface area contributed by atoms with E-state index in [1.807, 2.05) is 35.0 Å². The molecule has 0 amide bonds. The van der Waals surface area contributed by atoms with E-state index >= 15 is 0 Å². The lowest BCUT2D eigenvalue weighted by molar-refractivity contribution is 0.605. The first kappa shape index (κ1) is 12.5. The molecule has 1 heterocycles. The summed E-state index contributed by atoms with van der Waals surface area (Å²) in [6.45, 7) is 2.91. The standard InChI is InChI=1S/C13H14Cl2N2/c1-2-8-17-13(15)11(9-14)12(16-17)10-6-4-3-5-7-10/h3-7H,2,8-9H2,1H3. The minimum atomic E-state index is 0.382. The van der Waals surface area contributed by atoms with Gasteiger partial charge in [-0.2, -0.15) is 5.10 Å². The Balaban J connectivity index is 2.50. The number of hydrogen-bond acceptors (Lipinski definition) is 1. The van der Waals surface area contributed by atoms with Crippen molar-refractivity contribution in [3.8, 4) is 11.3 Å². The van der Waals surface area contributed by atoms with Crippen LogP contribution in [0.1, 0.15) is 18.9 Å². The maximum atomic E-state index is 6.27. The third-order valence-corrected chi connectivity index (χ3v) is 3.29. The normalized spacial score (nSPS) is 10.8. The molecule has 0 aliphatic carbocycles. The van der Waals surface area contributed by atoms with Crippen molar-refractivity contribution in [2.24, 2.45) is 0 Å². The number of benzene rings is 1. The lowest BCUT2D eigenvalue weighted by Gasteiger charge is -1.98. The molecular weight excluding hydrogens is 255 g/mol. The molecule has 0 atom stereocenters. The summed E-state index contributed by atoms with van der Waals surface area (Å²) in [5.41, 5.74) is 2.85. The average Bonchev–Trinajstić information content (AvgIpc) is 2.68. The van der Waals surface area contributed by atoms with Crippen molar-refractivity contribution in [3.05, 3.63) is 41.0 Å². The molecular formula is C13H14Cl2N2. The number of aromatic nitrogens is 2. The molecule has 90 valence electrons. The second kappa shape index (κ2) is 5.56. The van der Waals surface area contributed by atoms with Crippen molar-refractivity contribution in [2.75, 3.05) is 0 Å². The van der Waals surface area contributed by atoms with Crippen molar-refractivity contribution in [1.29, 1.82) is 0 Å². The second-order valence-electron chi connectivity index (χ2n) is 3.84. The Kier molecular flexibility index (Phi) is 4.08. The second-order valence-corrected chi connectivity index (χ2v) is 4.47. The first-order valence-electron chi connectivity index (χ1n) is 5.64. The van der Waals surface area contributed by atoms with E-state index in [4.69, 9.17) is 23.2 Å². The molecule has 0 saturated heterocycles. The van der Waals surface area contributed by atoms with Crippen molar-refractivity contribution in [1.82, 2.24) is 9.78 Å². The summed E-state index contributed by atoms with van der Waals surface area (Å²) in [6.07, 6.45) is 0.997. The van der Waals surface area contributed by atoms with Gasteiger partial charge in [0.25, 0.3) is 0 Å². The molecule has 0 unspecified atom stereocenters. The van der Waals surface area contributed by atoms with Crippen molar-refractivity contribution in [3.63, 3.8) is 0 Å². The van der Waals surface area contributed by atoms with E-state index in [9.17, 15) is 0 Å². The first-order chi connectivity index (χ1) is 8.27. The molecule has 0 radical (unpaired) electrons. The topological polar surface area (TPSA) is 17.8 Å². The Morgan fingerprint density at radius 1 is 1.24 bits per heavy atom. The van der Waals surface area contributed by atoms with Crippen molar-refractivity contribution >= 4 is 23.2 Å². The highest BCUT2D eigenvalue weighted by atomic mass is 35.5. The Morgan fingerprint density at radius 3 is 2.53 bits per heavy atom. The van der Waals surface area contributed by atoms with Gasteiger partial charge in [0.1, 0.15) is 5.15 Å². The zero-order valence-electron chi connectivity index (χ0n) is 9.66. The fraction of sp³-hybridized carbons (Fsp3) is 0.308. The smallest absolute Gasteiger partial charge is 0.132 e. The van der Waals surface area contributed by atoms with Gasteiger partial charge >= 0.3 is 0 Å². The Hall–Kier alpha value is -0.990. The molecule has 0 fully saturated rings. The highest BCUT2D eigenvalue weighted by molar-refractivity contribution is 6.31. The van der Waals surface area contributed by atoms with E-state index in [0.717, 1.165) is 29.8 Å². The Morgan fingerprint density at radius 2 is 1.94 bits per heavy atom. The zero-order valence-corrected chi connectivity index (χ0v) is 11.2. The molecule has 4 heteroatoms. The predicted octanol–water partition coefficient (Wildman–Crippen LogP) is 4.35. The van der Waals surface area contributed by atoms with Crippen molar-refractivity contribution in [2.45, 2.75) is 25.8 Å². The van der Waals surface area contributed by atoms with Gasteiger partial charge in [-0.3, -0.25) is 4.68 Å². The molecule has 0 saturated carbocycles. The van der Waals surface area contributed by atoms with Crippen LogP contribution >= 0.6 is 23.2 Å². The van der Waals surface area contributed by atoms with Gasteiger partial charge in [-0.1, -0.05) is 48.9 Å². The van der Waals surface area contributed by atoms with E-state index in [0.29, 0.717) is 11.0 Å². The van der Waals surface area contributed by atoms with E-state index < -0.39 is 0 Å². The van der Waals surface area contributed by atoms with Crippen LogP contribution in [0.4, 0.5) is 0 Å². The van der Waals surface area contributed by atoms with E-state index in [1.54, 1.807) is 0 Å². The van der Waals surface area contributed by atoms with Gasteiger partial charge < -0.3 is 0 Å². The number of alkyl halides is 1. The Labute approximate surface area is 111 Å². The summed E-state index contributed by atoms with van der Waals surface area (Å²) in [6, 6.07) is 9.99. The fourth-order valence-corrected chi connectivity index (χ4v) is 2.39. The molecule has 1 aromatic carbocycles. The minimum absolute atomic E-state index is 0.382. The first-order valence-corrected chi connectivity index (χ1v) is 6.55. The molecule has 0 aliphatic rings. The molecule has 0 spiro atoms. The van der Waals surface area contributed by atoms with Gasteiger partial charge in [-0.25, -0.2) is 0 Å². The van der Waals surface area contributed by atoms with Gasteiger partial charge in [0, 0.05) is 17.7 Å². The van der Waals surface area contributed by atoms with Gasteiger partial charge in [-0.05, 0) is 6.42 Å². The van der Waals surface area contributed by atoms with Gasteiger partial charge in [0.05, 0.1) is 11.6 Å². The number of rotatable bonds is 4. The van der Waals surface area contributed by atoms with Crippen LogP contribution in [0.25, 0.3) is 11.3 Å². The van der Waals surface area contributed by atoms with Crippen LogP contribution in [-0.4, -0.2) is 9.78 Å². The Bertz CT molecular complexity index is 492. The summed E-state index contributed by atoms with van der Waals surface area (Å²) in [5, 5.41) is 5.19. The molecule has 2 aromatic rings. The summed E-state index contributed by atoms with van der Waals surface area (Å²) in [7, 11) is 0. The maximum absolute atomic E-state index is 6.27. The summed E-state index contributed by atoms with van der Waals surface area (Å²) in [4.78, 5) is 0. The third-order valence-electron chi connectivity index (χ3n) is 2.60. The molecule has 0 bridgehead atoms. The highest BCUT2D eigenvalue weighted by Crippen LogP contribution is 2.30. The monoisotopic (exact) mass is 268 g/mol. The third kappa shape index (κ3) is 2.48. The van der Waals surface area contributed by atoms with Gasteiger partial charge in [0.2, 0.25) is 0 Å². The summed E-state index contributed by atoms with van der Waals surface area (Å²) in [5.74, 6) is 0.382. The van der Waals surface area contributed by atoms with Crippen LogP contribution in [0.2, 0.25) is 5.15 Å². The zero-order chi connectivity index (χ0) is 12.3. The molecule has 2 nitrogen and oxygen atoms in total. The quantitative estimate of drug-likeness (QED) is 0.754. The summed E-state index contributed by atoms with van der Waals surface area (Å²) >= 11 is 12.2. The molecule has 0 N–H and O–H groups in total. The van der Waals surface area contributed by atoms with Gasteiger partial charge in [-0.15, -0.1) is 11.6 Å². The molecule has 2 rings (SSSR count). The minimum Gasteiger partial charge on any atom is -0.253 e. The molecule has 0 aliphatic heterocycles. The average molecular weight is 269 g/mol. The number of halogens is 2.